The molecule has 4 nitrogen and oxygen atoms in total. The summed E-state index contributed by atoms with van der Waals surface area (Å²) in [4.78, 5) is 23.8. The van der Waals surface area contributed by atoms with Crippen LogP contribution in [0.1, 0.15) is 26.7 Å². The second kappa shape index (κ2) is 4.37. The van der Waals surface area contributed by atoms with Crippen LogP contribution in [0.4, 0.5) is 0 Å². The van der Waals surface area contributed by atoms with Crippen LogP contribution in [0.25, 0.3) is 0 Å². The Morgan fingerprint density at radius 3 is 2.08 bits per heavy atom. The Labute approximate surface area is 77.8 Å². The van der Waals surface area contributed by atoms with Crippen molar-refractivity contribution < 1.29 is 14.3 Å². The fraction of sp³-hybridized carbons (Fsp3) is 0.778. The third-order valence-corrected chi connectivity index (χ3v) is 2.35. The fourth-order valence-corrected chi connectivity index (χ4v) is 1.64. The van der Waals surface area contributed by atoms with Gasteiger partial charge in [0.25, 0.3) is 0 Å². The Morgan fingerprint density at radius 1 is 1.23 bits per heavy atom. The highest BCUT2D eigenvalue weighted by Gasteiger charge is 2.28. The van der Waals surface area contributed by atoms with E-state index in [1.165, 1.54) is 0 Å². The van der Waals surface area contributed by atoms with Gasteiger partial charge in [0.05, 0.1) is 13.1 Å². The van der Waals surface area contributed by atoms with Gasteiger partial charge in [0.2, 0.25) is 0 Å². The van der Waals surface area contributed by atoms with E-state index in [9.17, 15) is 9.59 Å². The summed E-state index contributed by atoms with van der Waals surface area (Å²) in [6.07, 6.45) is 1.91. The topological polar surface area (TPSA) is 46.6 Å². The summed E-state index contributed by atoms with van der Waals surface area (Å²) < 4.78 is 4.44. The summed E-state index contributed by atoms with van der Waals surface area (Å²) in [6, 6.07) is 0.316. The molecule has 0 saturated carbocycles. The van der Waals surface area contributed by atoms with E-state index in [1.807, 2.05) is 4.90 Å². The molecule has 0 aromatic rings. The van der Waals surface area contributed by atoms with Gasteiger partial charge in [-0.2, -0.15) is 0 Å². The van der Waals surface area contributed by atoms with Crippen molar-refractivity contribution in [2.24, 2.45) is 0 Å². The number of hydrogen-bond donors (Lipinski definition) is 0. The molecule has 0 aromatic heterocycles. The van der Waals surface area contributed by atoms with E-state index in [0.29, 0.717) is 6.04 Å². The highest BCUT2D eigenvalue weighted by atomic mass is 16.6. The monoisotopic (exact) mass is 185 g/mol. The van der Waals surface area contributed by atoms with Crippen LogP contribution in [-0.2, 0) is 14.3 Å². The van der Waals surface area contributed by atoms with Gasteiger partial charge in [0, 0.05) is 6.04 Å². The lowest BCUT2D eigenvalue weighted by Crippen LogP contribution is -2.47. The average Bonchev–Trinajstić information content (AvgIpc) is 2.04. The predicted octanol–water partition coefficient (Wildman–Crippen LogP) is 0.560. The normalized spacial score (nSPS) is 19.3. The van der Waals surface area contributed by atoms with Crippen LogP contribution in [0.5, 0.6) is 0 Å². The van der Waals surface area contributed by atoms with Gasteiger partial charge in [-0.05, 0) is 12.8 Å². The summed E-state index contributed by atoms with van der Waals surface area (Å²) in [5.74, 6) is -0.855. The van der Waals surface area contributed by atoms with Crippen LogP contribution in [-0.4, -0.2) is 36.0 Å². The third-order valence-electron chi connectivity index (χ3n) is 2.35. The number of morpholine rings is 1. The minimum Gasteiger partial charge on any atom is -0.391 e. The van der Waals surface area contributed by atoms with E-state index >= 15 is 0 Å². The van der Waals surface area contributed by atoms with Crippen molar-refractivity contribution in [3.05, 3.63) is 0 Å². The first kappa shape index (κ1) is 10.2. The minimum atomic E-state index is -0.428. The van der Waals surface area contributed by atoms with E-state index in [0.717, 1.165) is 12.8 Å². The minimum absolute atomic E-state index is 0.248. The lowest BCUT2D eigenvalue weighted by Gasteiger charge is -2.30. The SMILES string of the molecule is CCC(CC)N1CC(=O)OC(=O)C1. The first-order valence-corrected chi connectivity index (χ1v) is 4.64. The molecular weight excluding hydrogens is 170 g/mol. The summed E-state index contributed by atoms with van der Waals surface area (Å²) in [5, 5.41) is 0. The fourth-order valence-electron chi connectivity index (χ4n) is 1.64. The smallest absolute Gasteiger partial charge is 0.327 e. The zero-order valence-electron chi connectivity index (χ0n) is 8.08. The van der Waals surface area contributed by atoms with Crippen molar-refractivity contribution in [1.29, 1.82) is 0 Å². The molecule has 1 aliphatic rings. The molecule has 1 fully saturated rings. The number of carbonyl (C=O) groups is 2. The molecule has 0 unspecified atom stereocenters. The van der Waals surface area contributed by atoms with Crippen molar-refractivity contribution in [2.45, 2.75) is 32.7 Å². The highest BCUT2D eigenvalue weighted by Crippen LogP contribution is 2.11. The predicted molar refractivity (Wildman–Crippen MR) is 47.0 cm³/mol. The first-order chi connectivity index (χ1) is 6.17. The van der Waals surface area contributed by atoms with Crippen LogP contribution >= 0.6 is 0 Å². The molecule has 1 aliphatic heterocycles. The van der Waals surface area contributed by atoms with Gasteiger partial charge in [-0.3, -0.25) is 14.5 Å². The van der Waals surface area contributed by atoms with E-state index in [4.69, 9.17) is 0 Å². The van der Waals surface area contributed by atoms with Gasteiger partial charge in [-0.15, -0.1) is 0 Å². The van der Waals surface area contributed by atoms with Gasteiger partial charge in [-0.25, -0.2) is 0 Å². The third kappa shape index (κ3) is 2.52. The standard InChI is InChI=1S/C9H15NO3/c1-3-7(4-2)10-5-8(11)13-9(12)6-10/h7H,3-6H2,1-2H3. The van der Waals surface area contributed by atoms with Gasteiger partial charge in [0.1, 0.15) is 0 Å². The van der Waals surface area contributed by atoms with E-state index in [1.54, 1.807) is 0 Å². The number of esters is 2. The van der Waals surface area contributed by atoms with Crippen LogP contribution in [0.3, 0.4) is 0 Å². The summed E-state index contributed by atoms with van der Waals surface area (Å²) in [7, 11) is 0. The Balaban J connectivity index is 2.58. The number of hydrogen-bond acceptors (Lipinski definition) is 4. The van der Waals surface area contributed by atoms with Crippen LogP contribution < -0.4 is 0 Å². The van der Waals surface area contributed by atoms with Gasteiger partial charge in [0.15, 0.2) is 0 Å². The number of carbonyl (C=O) groups excluding carboxylic acids is 2. The van der Waals surface area contributed by atoms with Gasteiger partial charge in [-0.1, -0.05) is 13.8 Å². The van der Waals surface area contributed by atoms with Crippen molar-refractivity contribution in [3.8, 4) is 0 Å². The number of nitrogens with zero attached hydrogens (tertiary/aromatic N) is 1. The molecule has 74 valence electrons. The van der Waals surface area contributed by atoms with Crippen LogP contribution in [0.2, 0.25) is 0 Å². The lowest BCUT2D eigenvalue weighted by molar-refractivity contribution is -0.168. The second-order valence-electron chi connectivity index (χ2n) is 3.22. The van der Waals surface area contributed by atoms with Crippen molar-refractivity contribution in [2.75, 3.05) is 13.1 Å². The maximum atomic E-state index is 10.9. The molecule has 1 rings (SSSR count). The first-order valence-electron chi connectivity index (χ1n) is 4.64. The molecule has 0 radical (unpaired) electrons. The maximum absolute atomic E-state index is 10.9. The molecule has 0 amide bonds. The molecule has 0 aliphatic carbocycles. The molecule has 0 aromatic carbocycles. The Morgan fingerprint density at radius 2 is 1.69 bits per heavy atom. The van der Waals surface area contributed by atoms with Crippen LogP contribution in [0.15, 0.2) is 0 Å². The molecule has 13 heavy (non-hydrogen) atoms. The number of rotatable bonds is 3. The molecule has 4 heteroatoms. The molecule has 0 N–H and O–H groups in total. The van der Waals surface area contributed by atoms with Gasteiger partial charge < -0.3 is 4.74 Å². The average molecular weight is 185 g/mol. The summed E-state index contributed by atoms with van der Waals surface area (Å²) in [5.41, 5.74) is 0. The van der Waals surface area contributed by atoms with E-state index in [2.05, 4.69) is 18.6 Å². The quantitative estimate of drug-likeness (QED) is 0.476. The van der Waals surface area contributed by atoms with Crippen molar-refractivity contribution >= 4 is 11.9 Å². The Kier molecular flexibility index (Phi) is 3.42. The summed E-state index contributed by atoms with van der Waals surface area (Å²) in [6.45, 7) is 4.60. The molecule has 0 atom stereocenters. The van der Waals surface area contributed by atoms with Crippen molar-refractivity contribution in [1.82, 2.24) is 4.90 Å². The van der Waals surface area contributed by atoms with Gasteiger partial charge >= 0.3 is 11.9 Å². The van der Waals surface area contributed by atoms with Crippen LogP contribution in [0, 0.1) is 0 Å². The molecule has 0 bridgehead atoms. The summed E-state index contributed by atoms with van der Waals surface area (Å²) >= 11 is 0. The Bertz CT molecular complexity index is 195. The zero-order chi connectivity index (χ0) is 9.84. The van der Waals surface area contributed by atoms with E-state index < -0.39 is 11.9 Å². The Hall–Kier alpha value is -0.900. The maximum Gasteiger partial charge on any atom is 0.327 e. The van der Waals surface area contributed by atoms with E-state index in [-0.39, 0.29) is 13.1 Å². The largest absolute Gasteiger partial charge is 0.391 e. The number of ether oxygens (including phenoxy) is 1. The molecule has 1 saturated heterocycles. The molecule has 1 heterocycles. The molecular formula is C9H15NO3. The second-order valence-corrected chi connectivity index (χ2v) is 3.22. The van der Waals surface area contributed by atoms with Crippen molar-refractivity contribution in [3.63, 3.8) is 0 Å². The zero-order valence-corrected chi connectivity index (χ0v) is 8.08. The lowest BCUT2D eigenvalue weighted by atomic mass is 10.1. The highest BCUT2D eigenvalue weighted by molar-refractivity contribution is 5.90. The number of cyclic esters (lactones) is 2. The molecule has 0 spiro atoms.